The summed E-state index contributed by atoms with van der Waals surface area (Å²) in [5.41, 5.74) is 8.07. The van der Waals surface area contributed by atoms with Crippen molar-refractivity contribution in [1.82, 2.24) is 4.98 Å². The monoisotopic (exact) mass is 248 g/mol. The van der Waals surface area contributed by atoms with E-state index in [4.69, 9.17) is 10.8 Å². The Balaban J connectivity index is 2.20. The number of aromatic nitrogens is 1. The van der Waals surface area contributed by atoms with Crippen molar-refractivity contribution in [3.63, 3.8) is 0 Å². The molecule has 5 heteroatoms. The first kappa shape index (κ1) is 11.8. The zero-order valence-corrected chi connectivity index (χ0v) is 9.85. The first-order chi connectivity index (χ1) is 8.16. The summed E-state index contributed by atoms with van der Waals surface area (Å²) in [7, 11) is 0. The van der Waals surface area contributed by atoms with Crippen LogP contribution in [0.5, 0.6) is 0 Å². The van der Waals surface area contributed by atoms with Crippen LogP contribution in [0, 0.1) is 0 Å². The molecule has 0 radical (unpaired) electrons. The van der Waals surface area contributed by atoms with E-state index in [0.717, 1.165) is 11.3 Å². The molecule has 1 atom stereocenters. The second-order valence-electron chi connectivity index (χ2n) is 3.68. The minimum absolute atomic E-state index is 0.243. The van der Waals surface area contributed by atoms with Gasteiger partial charge in [-0.05, 0) is 23.6 Å². The molecule has 3 N–H and O–H groups in total. The van der Waals surface area contributed by atoms with Crippen molar-refractivity contribution in [2.45, 2.75) is 12.5 Å². The third kappa shape index (κ3) is 2.89. The molecule has 0 bridgehead atoms. The maximum Gasteiger partial charge on any atom is 0.320 e. The number of carboxylic acid groups (broad SMARTS) is 1. The molecular weight excluding hydrogens is 236 g/mol. The van der Waals surface area contributed by atoms with Crippen LogP contribution >= 0.6 is 11.3 Å². The molecule has 2 rings (SSSR count). The van der Waals surface area contributed by atoms with E-state index in [9.17, 15) is 4.79 Å². The highest BCUT2D eigenvalue weighted by atomic mass is 32.1. The van der Waals surface area contributed by atoms with Gasteiger partial charge in [0.2, 0.25) is 0 Å². The molecule has 0 fully saturated rings. The molecule has 88 valence electrons. The Bertz CT molecular complexity index is 511. The predicted octanol–water partition coefficient (Wildman–Crippen LogP) is 1.76. The van der Waals surface area contributed by atoms with Crippen molar-refractivity contribution in [3.8, 4) is 11.3 Å². The third-order valence-electron chi connectivity index (χ3n) is 2.37. The molecule has 17 heavy (non-hydrogen) atoms. The lowest BCUT2D eigenvalue weighted by molar-refractivity contribution is -0.138. The Morgan fingerprint density at radius 3 is 2.94 bits per heavy atom. The van der Waals surface area contributed by atoms with Crippen LogP contribution in [-0.2, 0) is 11.2 Å². The lowest BCUT2D eigenvalue weighted by atomic mass is 10.1. The fraction of sp³-hybridized carbons (Fsp3) is 0.167. The van der Waals surface area contributed by atoms with Gasteiger partial charge in [0.05, 0.1) is 5.69 Å². The molecule has 0 amide bonds. The van der Waals surface area contributed by atoms with Crippen LogP contribution in [0.25, 0.3) is 11.3 Å². The standard InChI is InChI=1S/C12H12N2O2S/c13-10(12(15)16)6-9-2-1-3-11(14-9)8-4-5-17-7-8/h1-5,7,10H,6,13H2,(H,15,16). The molecule has 4 nitrogen and oxygen atoms in total. The summed E-state index contributed by atoms with van der Waals surface area (Å²) < 4.78 is 0. The molecule has 0 aliphatic rings. The predicted molar refractivity (Wildman–Crippen MR) is 66.9 cm³/mol. The maximum atomic E-state index is 10.7. The number of nitrogens with two attached hydrogens (primary N) is 1. The van der Waals surface area contributed by atoms with E-state index in [1.807, 2.05) is 29.0 Å². The second-order valence-corrected chi connectivity index (χ2v) is 4.46. The minimum Gasteiger partial charge on any atom is -0.480 e. The molecule has 0 aliphatic heterocycles. The number of pyridine rings is 1. The van der Waals surface area contributed by atoms with Gasteiger partial charge in [0.25, 0.3) is 0 Å². The Morgan fingerprint density at radius 1 is 1.47 bits per heavy atom. The molecule has 2 aromatic heterocycles. The molecule has 0 aromatic carbocycles. The van der Waals surface area contributed by atoms with Gasteiger partial charge in [-0.15, -0.1) is 0 Å². The van der Waals surface area contributed by atoms with Gasteiger partial charge >= 0.3 is 5.97 Å². The first-order valence-corrected chi connectivity index (χ1v) is 6.08. The highest BCUT2D eigenvalue weighted by Crippen LogP contribution is 2.20. The third-order valence-corrected chi connectivity index (χ3v) is 3.05. The van der Waals surface area contributed by atoms with E-state index in [0.29, 0.717) is 5.69 Å². The minimum atomic E-state index is -1.01. The van der Waals surface area contributed by atoms with Crippen molar-refractivity contribution in [2.75, 3.05) is 0 Å². The summed E-state index contributed by atoms with van der Waals surface area (Å²) in [5, 5.41) is 12.7. The van der Waals surface area contributed by atoms with Crippen molar-refractivity contribution in [2.24, 2.45) is 5.73 Å². The van der Waals surface area contributed by atoms with E-state index in [-0.39, 0.29) is 6.42 Å². The van der Waals surface area contributed by atoms with Crippen molar-refractivity contribution in [1.29, 1.82) is 0 Å². The molecule has 2 aromatic rings. The lowest BCUT2D eigenvalue weighted by Gasteiger charge is -2.06. The lowest BCUT2D eigenvalue weighted by Crippen LogP contribution is -2.32. The summed E-state index contributed by atoms with van der Waals surface area (Å²) in [6, 6.07) is 6.63. The summed E-state index contributed by atoms with van der Waals surface area (Å²) in [4.78, 5) is 15.1. The van der Waals surface area contributed by atoms with E-state index < -0.39 is 12.0 Å². The molecule has 0 aliphatic carbocycles. The largest absolute Gasteiger partial charge is 0.480 e. The van der Waals surface area contributed by atoms with Gasteiger partial charge in [-0.25, -0.2) is 0 Å². The van der Waals surface area contributed by atoms with E-state index >= 15 is 0 Å². The number of thiophene rings is 1. The molecular formula is C12H12N2O2S. The Kier molecular flexibility index (Phi) is 3.51. The highest BCUT2D eigenvalue weighted by molar-refractivity contribution is 7.08. The normalized spacial score (nSPS) is 12.3. The van der Waals surface area contributed by atoms with Crippen molar-refractivity contribution < 1.29 is 9.90 Å². The Morgan fingerprint density at radius 2 is 2.29 bits per heavy atom. The molecule has 0 saturated heterocycles. The van der Waals surface area contributed by atoms with Crippen LogP contribution < -0.4 is 5.73 Å². The summed E-state index contributed by atoms with van der Waals surface area (Å²) >= 11 is 1.60. The highest BCUT2D eigenvalue weighted by Gasteiger charge is 2.13. The van der Waals surface area contributed by atoms with E-state index in [1.165, 1.54) is 0 Å². The van der Waals surface area contributed by atoms with Crippen LogP contribution in [0.4, 0.5) is 0 Å². The number of carboxylic acids is 1. The van der Waals surface area contributed by atoms with Crippen molar-refractivity contribution in [3.05, 3.63) is 40.7 Å². The summed E-state index contributed by atoms with van der Waals surface area (Å²) in [6.07, 6.45) is 0.243. The van der Waals surface area contributed by atoms with Gasteiger partial charge < -0.3 is 10.8 Å². The van der Waals surface area contributed by atoms with Gasteiger partial charge in [0.1, 0.15) is 6.04 Å². The Hall–Kier alpha value is -1.72. The van der Waals surface area contributed by atoms with Crippen LogP contribution in [0.1, 0.15) is 5.69 Å². The van der Waals surface area contributed by atoms with Crippen LogP contribution in [0.2, 0.25) is 0 Å². The van der Waals surface area contributed by atoms with Gasteiger partial charge in [-0.3, -0.25) is 9.78 Å². The average molecular weight is 248 g/mol. The molecule has 0 spiro atoms. The van der Waals surface area contributed by atoms with Crippen LogP contribution in [-0.4, -0.2) is 22.1 Å². The van der Waals surface area contributed by atoms with Gasteiger partial charge in [0.15, 0.2) is 0 Å². The molecule has 0 saturated carbocycles. The number of rotatable bonds is 4. The summed E-state index contributed by atoms with van der Waals surface area (Å²) in [5.74, 6) is -1.01. The maximum absolute atomic E-state index is 10.7. The fourth-order valence-electron chi connectivity index (χ4n) is 1.48. The first-order valence-electron chi connectivity index (χ1n) is 5.13. The molecule has 2 heterocycles. The van der Waals surface area contributed by atoms with Gasteiger partial charge in [-0.2, -0.15) is 11.3 Å². The second kappa shape index (κ2) is 5.07. The average Bonchev–Trinajstić information content (AvgIpc) is 2.82. The van der Waals surface area contributed by atoms with Crippen LogP contribution in [0.15, 0.2) is 35.0 Å². The zero-order chi connectivity index (χ0) is 12.3. The number of aliphatic carboxylic acids is 1. The SMILES string of the molecule is NC(Cc1cccc(-c2ccsc2)n1)C(=O)O. The fourth-order valence-corrected chi connectivity index (χ4v) is 2.13. The molecule has 1 unspecified atom stereocenters. The van der Waals surface area contributed by atoms with Crippen LogP contribution in [0.3, 0.4) is 0 Å². The number of hydrogen-bond acceptors (Lipinski definition) is 4. The smallest absolute Gasteiger partial charge is 0.320 e. The number of hydrogen-bond donors (Lipinski definition) is 2. The van der Waals surface area contributed by atoms with E-state index in [1.54, 1.807) is 17.4 Å². The van der Waals surface area contributed by atoms with Crippen molar-refractivity contribution >= 4 is 17.3 Å². The summed E-state index contributed by atoms with van der Waals surface area (Å²) in [6.45, 7) is 0. The topological polar surface area (TPSA) is 76.2 Å². The number of nitrogens with zero attached hydrogens (tertiary/aromatic N) is 1. The number of carbonyl (C=O) groups is 1. The van der Waals surface area contributed by atoms with Gasteiger partial charge in [0, 0.05) is 23.1 Å². The quantitative estimate of drug-likeness (QED) is 0.864. The van der Waals surface area contributed by atoms with Gasteiger partial charge in [-0.1, -0.05) is 6.07 Å². The van der Waals surface area contributed by atoms with E-state index in [2.05, 4.69) is 4.98 Å². The zero-order valence-electron chi connectivity index (χ0n) is 9.04. The Labute approximate surface area is 103 Å².